The minimum Gasteiger partial charge on any atom is -0.507 e. The molecular formula is C22H21ClN2O5S2. The molecule has 7 nitrogen and oxygen atoms in total. The molecule has 3 rings (SSSR count). The largest absolute Gasteiger partial charge is 0.507 e. The van der Waals surface area contributed by atoms with Crippen molar-refractivity contribution in [1.29, 1.82) is 0 Å². The van der Waals surface area contributed by atoms with Gasteiger partial charge in [0.2, 0.25) is 9.84 Å². The van der Waals surface area contributed by atoms with E-state index in [4.69, 9.17) is 11.6 Å². The van der Waals surface area contributed by atoms with Gasteiger partial charge in [-0.05, 0) is 74.9 Å². The molecule has 0 amide bonds. The molecule has 0 heterocycles. The minimum atomic E-state index is -4.02. The van der Waals surface area contributed by atoms with Gasteiger partial charge in [-0.3, -0.25) is 0 Å². The first-order chi connectivity index (χ1) is 14.9. The molecule has 0 aliphatic carbocycles. The van der Waals surface area contributed by atoms with E-state index in [2.05, 4.69) is 9.71 Å². The Morgan fingerprint density at radius 2 is 1.44 bits per heavy atom. The summed E-state index contributed by atoms with van der Waals surface area (Å²) in [6.07, 6.45) is 0. The molecule has 32 heavy (non-hydrogen) atoms. The van der Waals surface area contributed by atoms with E-state index < -0.39 is 25.6 Å². The van der Waals surface area contributed by atoms with Gasteiger partial charge in [-0.25, -0.2) is 8.42 Å². The number of halogens is 1. The summed E-state index contributed by atoms with van der Waals surface area (Å²) in [4.78, 5) is -0.262. The molecule has 0 aromatic heterocycles. The van der Waals surface area contributed by atoms with Crippen LogP contribution in [0.5, 0.6) is 5.75 Å². The standard InChI is InChI=1S/C22H21ClN2O5S2/c1-14-4-8-18(9-5-14)31(27,28)22-15(2)20(12-13-21(22)26)24-16(3)25-32(29,30)19-10-6-17(23)7-11-19/h4-13,26H,1-3H3,(H,24,25). The van der Waals surface area contributed by atoms with Gasteiger partial charge in [0.1, 0.15) is 16.5 Å². The number of aryl methyl sites for hydroxylation is 1. The summed E-state index contributed by atoms with van der Waals surface area (Å²) in [5, 5.41) is 13.5. The molecule has 0 radical (unpaired) electrons. The van der Waals surface area contributed by atoms with Gasteiger partial charge in [0.25, 0.3) is 10.0 Å². The molecule has 0 fully saturated rings. The second-order valence-corrected chi connectivity index (χ2v) is 11.1. The molecule has 10 heteroatoms. The number of phenolic OH excluding ortho intramolecular Hbond substituents is 1. The molecule has 0 saturated heterocycles. The fourth-order valence-corrected chi connectivity index (χ4v) is 5.75. The van der Waals surface area contributed by atoms with E-state index >= 15 is 0 Å². The third-order valence-corrected chi connectivity index (χ3v) is 8.25. The Kier molecular flexibility index (Phi) is 6.64. The predicted molar refractivity (Wildman–Crippen MR) is 125 cm³/mol. The number of aromatic hydroxyl groups is 1. The zero-order valence-electron chi connectivity index (χ0n) is 17.5. The van der Waals surface area contributed by atoms with Gasteiger partial charge in [-0.1, -0.05) is 29.3 Å². The lowest BCUT2D eigenvalue weighted by Crippen LogP contribution is -2.13. The number of sulfonamides is 1. The highest BCUT2D eigenvalue weighted by Crippen LogP contribution is 2.35. The number of anilines is 1. The highest BCUT2D eigenvalue weighted by molar-refractivity contribution is 7.91. The molecule has 3 aromatic carbocycles. The lowest BCUT2D eigenvalue weighted by molar-refractivity contribution is 0.458. The van der Waals surface area contributed by atoms with Crippen molar-refractivity contribution in [3.8, 4) is 5.75 Å². The molecule has 0 spiro atoms. The molecule has 0 bridgehead atoms. The van der Waals surface area contributed by atoms with Gasteiger partial charge in [0.05, 0.1) is 9.79 Å². The predicted octanol–water partition coefficient (Wildman–Crippen LogP) is 4.71. The number of sulfone groups is 1. The van der Waals surface area contributed by atoms with Crippen LogP contribution in [0.3, 0.4) is 0 Å². The number of hydrogen-bond donors (Lipinski definition) is 2. The van der Waals surface area contributed by atoms with Crippen molar-refractivity contribution in [2.45, 2.75) is 35.5 Å². The number of hydrogen-bond acceptors (Lipinski definition) is 5. The van der Waals surface area contributed by atoms with Crippen LogP contribution in [0.25, 0.3) is 0 Å². The summed E-state index contributed by atoms with van der Waals surface area (Å²) in [6, 6.07) is 14.5. The van der Waals surface area contributed by atoms with Crippen LogP contribution in [0.1, 0.15) is 18.1 Å². The second-order valence-electron chi connectivity index (χ2n) is 7.13. The molecule has 0 atom stereocenters. The third-order valence-electron chi connectivity index (χ3n) is 4.67. The first-order valence-corrected chi connectivity index (χ1v) is 12.7. The van der Waals surface area contributed by atoms with Crippen LogP contribution < -0.4 is 5.32 Å². The number of nitrogens with zero attached hydrogens (tertiary/aromatic N) is 1. The maximum atomic E-state index is 13.1. The van der Waals surface area contributed by atoms with Crippen molar-refractivity contribution in [3.63, 3.8) is 0 Å². The smallest absolute Gasteiger partial charge is 0.283 e. The van der Waals surface area contributed by atoms with Crippen LogP contribution in [0, 0.1) is 13.8 Å². The number of benzene rings is 3. The summed E-state index contributed by atoms with van der Waals surface area (Å²) in [5.41, 5.74) is 1.42. The van der Waals surface area contributed by atoms with E-state index in [-0.39, 0.29) is 26.1 Å². The van der Waals surface area contributed by atoms with Crippen molar-refractivity contribution in [2.24, 2.45) is 4.40 Å². The average Bonchev–Trinajstić information content (AvgIpc) is 2.70. The molecule has 0 aliphatic rings. The highest BCUT2D eigenvalue weighted by atomic mass is 35.5. The van der Waals surface area contributed by atoms with E-state index in [9.17, 15) is 21.9 Å². The van der Waals surface area contributed by atoms with Crippen molar-refractivity contribution in [2.75, 3.05) is 5.32 Å². The molecule has 0 unspecified atom stereocenters. The Hall–Kier alpha value is -2.88. The maximum absolute atomic E-state index is 13.1. The highest BCUT2D eigenvalue weighted by Gasteiger charge is 2.25. The van der Waals surface area contributed by atoms with Crippen LogP contribution in [-0.4, -0.2) is 27.8 Å². The van der Waals surface area contributed by atoms with E-state index in [0.29, 0.717) is 10.7 Å². The lowest BCUT2D eigenvalue weighted by Gasteiger charge is -2.15. The summed E-state index contributed by atoms with van der Waals surface area (Å²) in [5.74, 6) is -0.385. The molecule has 168 valence electrons. The normalized spacial score (nSPS) is 12.6. The van der Waals surface area contributed by atoms with Crippen molar-refractivity contribution < 1.29 is 21.9 Å². The second kappa shape index (κ2) is 8.93. The zero-order chi connectivity index (χ0) is 23.7. The van der Waals surface area contributed by atoms with Gasteiger partial charge < -0.3 is 10.4 Å². The average molecular weight is 493 g/mol. The minimum absolute atomic E-state index is 0.0208. The Bertz CT molecular complexity index is 1400. The summed E-state index contributed by atoms with van der Waals surface area (Å²) < 4.78 is 55.1. The zero-order valence-corrected chi connectivity index (χ0v) is 19.9. The number of amidine groups is 1. The lowest BCUT2D eigenvalue weighted by atomic mass is 10.2. The molecule has 2 N–H and O–H groups in total. The number of rotatable bonds is 5. The monoisotopic (exact) mass is 492 g/mol. The first kappa shape index (κ1) is 23.8. The van der Waals surface area contributed by atoms with E-state index in [1.807, 2.05) is 6.92 Å². The van der Waals surface area contributed by atoms with Gasteiger partial charge >= 0.3 is 0 Å². The molecule has 0 saturated carbocycles. The molecule has 3 aromatic rings. The van der Waals surface area contributed by atoms with Crippen molar-refractivity contribution in [3.05, 3.63) is 76.8 Å². The van der Waals surface area contributed by atoms with E-state index in [1.54, 1.807) is 12.1 Å². The van der Waals surface area contributed by atoms with E-state index in [0.717, 1.165) is 5.56 Å². The van der Waals surface area contributed by atoms with Crippen LogP contribution in [0.2, 0.25) is 5.02 Å². The van der Waals surface area contributed by atoms with Gasteiger partial charge in [0, 0.05) is 10.7 Å². The Morgan fingerprint density at radius 1 is 0.875 bits per heavy atom. The van der Waals surface area contributed by atoms with Gasteiger partial charge in [-0.15, -0.1) is 4.40 Å². The van der Waals surface area contributed by atoms with Crippen LogP contribution in [0.15, 0.2) is 79.7 Å². The fraction of sp³-hybridized carbons (Fsp3) is 0.136. The Morgan fingerprint density at radius 3 is 2.03 bits per heavy atom. The van der Waals surface area contributed by atoms with Crippen LogP contribution in [-0.2, 0) is 19.9 Å². The first-order valence-electron chi connectivity index (χ1n) is 9.40. The Labute approximate surface area is 192 Å². The van der Waals surface area contributed by atoms with Crippen molar-refractivity contribution in [1.82, 2.24) is 0 Å². The van der Waals surface area contributed by atoms with Gasteiger partial charge in [0.15, 0.2) is 0 Å². The number of phenols is 1. The van der Waals surface area contributed by atoms with Crippen LogP contribution in [0.4, 0.5) is 5.69 Å². The molecular weight excluding hydrogens is 472 g/mol. The maximum Gasteiger partial charge on any atom is 0.283 e. The number of nitrogens with one attached hydrogen (secondary N) is 1. The molecule has 0 aliphatic heterocycles. The topological polar surface area (TPSA) is 113 Å². The van der Waals surface area contributed by atoms with Gasteiger partial charge in [-0.2, -0.15) is 8.42 Å². The summed E-state index contributed by atoms with van der Waals surface area (Å²) in [7, 11) is -8.02. The Balaban J connectivity index is 1.99. The fourth-order valence-electron chi connectivity index (χ4n) is 3.04. The van der Waals surface area contributed by atoms with Crippen LogP contribution >= 0.6 is 11.6 Å². The quantitative estimate of drug-likeness (QED) is 0.303. The summed E-state index contributed by atoms with van der Waals surface area (Å²) >= 11 is 5.80. The summed E-state index contributed by atoms with van der Waals surface area (Å²) in [6.45, 7) is 4.79. The third kappa shape index (κ3) is 4.95. The van der Waals surface area contributed by atoms with Crippen molar-refractivity contribution >= 4 is 43.0 Å². The van der Waals surface area contributed by atoms with E-state index in [1.165, 1.54) is 62.4 Å². The SMILES string of the molecule is CC(=NS(=O)(=O)c1ccc(Cl)cc1)Nc1ccc(O)c(S(=O)(=O)c2ccc(C)cc2)c1C.